The minimum Gasteiger partial charge on any atom is -0.337 e. The van der Waals surface area contributed by atoms with Crippen molar-refractivity contribution >= 4 is 16.9 Å². The fraction of sp³-hybridized carbons (Fsp3) is 0.471. The first-order valence-corrected chi connectivity index (χ1v) is 8.47. The Balaban J connectivity index is 1.63. The molecule has 1 aliphatic heterocycles. The number of nitrogens with zero attached hydrogens (tertiary/aromatic N) is 6. The van der Waals surface area contributed by atoms with Crippen molar-refractivity contribution in [3.05, 3.63) is 35.7 Å². The van der Waals surface area contributed by atoms with Gasteiger partial charge < -0.3 is 9.42 Å². The molecule has 1 atom stereocenters. The van der Waals surface area contributed by atoms with Gasteiger partial charge in [0.1, 0.15) is 11.6 Å². The van der Waals surface area contributed by atoms with Crippen LogP contribution in [0, 0.1) is 0 Å². The molecule has 0 aliphatic carbocycles. The third kappa shape index (κ3) is 2.67. The van der Waals surface area contributed by atoms with Crippen LogP contribution in [0.1, 0.15) is 60.7 Å². The standard InChI is InChI=1S/C17H20N6O2/c1-10(2)15-20-16(25-21-15)13-5-4-6-23(13)17(24)11-7-14-12(18-8-11)9-19-22(14)3/h7-10,13H,4-6H2,1-3H3/t13-/m0/s1. The maximum atomic E-state index is 13.0. The smallest absolute Gasteiger partial charge is 0.256 e. The van der Waals surface area contributed by atoms with Crippen molar-refractivity contribution in [3.8, 4) is 0 Å². The Kier molecular flexibility index (Phi) is 3.74. The van der Waals surface area contributed by atoms with Crippen molar-refractivity contribution in [1.82, 2.24) is 29.8 Å². The summed E-state index contributed by atoms with van der Waals surface area (Å²) < 4.78 is 7.13. The second-order valence-electron chi connectivity index (χ2n) is 6.70. The fourth-order valence-corrected chi connectivity index (χ4v) is 3.19. The van der Waals surface area contributed by atoms with Gasteiger partial charge in [0.15, 0.2) is 5.82 Å². The molecule has 0 spiro atoms. The van der Waals surface area contributed by atoms with Gasteiger partial charge in [-0.1, -0.05) is 19.0 Å². The van der Waals surface area contributed by atoms with E-state index in [4.69, 9.17) is 4.52 Å². The van der Waals surface area contributed by atoms with Crippen LogP contribution in [-0.2, 0) is 7.05 Å². The lowest BCUT2D eigenvalue weighted by atomic mass is 10.2. The quantitative estimate of drug-likeness (QED) is 0.727. The number of carbonyl (C=O) groups excluding carboxylic acids is 1. The number of hydrogen-bond donors (Lipinski definition) is 0. The Morgan fingerprint density at radius 2 is 2.20 bits per heavy atom. The number of aryl methyl sites for hydroxylation is 1. The van der Waals surface area contributed by atoms with Crippen molar-refractivity contribution in [1.29, 1.82) is 0 Å². The van der Waals surface area contributed by atoms with Crippen molar-refractivity contribution in [3.63, 3.8) is 0 Å². The molecule has 0 radical (unpaired) electrons. The first-order valence-electron chi connectivity index (χ1n) is 8.47. The zero-order valence-corrected chi connectivity index (χ0v) is 14.5. The van der Waals surface area contributed by atoms with E-state index in [1.54, 1.807) is 22.0 Å². The predicted molar refractivity (Wildman–Crippen MR) is 89.9 cm³/mol. The lowest BCUT2D eigenvalue weighted by Gasteiger charge is -2.21. The zero-order chi connectivity index (χ0) is 17.6. The molecule has 3 aromatic heterocycles. The fourth-order valence-electron chi connectivity index (χ4n) is 3.19. The highest BCUT2D eigenvalue weighted by molar-refractivity contribution is 5.97. The van der Waals surface area contributed by atoms with Gasteiger partial charge in [0, 0.05) is 25.7 Å². The molecule has 1 fully saturated rings. The van der Waals surface area contributed by atoms with E-state index in [1.165, 1.54) is 0 Å². The maximum absolute atomic E-state index is 13.0. The molecule has 0 saturated carbocycles. The van der Waals surface area contributed by atoms with Crippen molar-refractivity contribution in [2.24, 2.45) is 7.05 Å². The lowest BCUT2D eigenvalue weighted by Crippen LogP contribution is -2.30. The first-order chi connectivity index (χ1) is 12.0. The average molecular weight is 340 g/mol. The summed E-state index contributed by atoms with van der Waals surface area (Å²) in [6.45, 7) is 4.70. The largest absolute Gasteiger partial charge is 0.337 e. The minimum absolute atomic E-state index is 0.0672. The summed E-state index contributed by atoms with van der Waals surface area (Å²) in [5.74, 6) is 1.32. The van der Waals surface area contributed by atoms with Gasteiger partial charge in [-0.3, -0.25) is 14.5 Å². The van der Waals surface area contributed by atoms with Crippen LogP contribution >= 0.6 is 0 Å². The van der Waals surface area contributed by atoms with Crippen molar-refractivity contribution in [2.75, 3.05) is 6.54 Å². The van der Waals surface area contributed by atoms with Gasteiger partial charge in [0.2, 0.25) is 5.89 Å². The lowest BCUT2D eigenvalue weighted by molar-refractivity contribution is 0.0710. The van der Waals surface area contributed by atoms with Gasteiger partial charge in [-0.25, -0.2) is 0 Å². The topological polar surface area (TPSA) is 89.9 Å². The number of aromatic nitrogens is 5. The van der Waals surface area contributed by atoms with Crippen LogP contribution in [-0.4, -0.2) is 42.3 Å². The Morgan fingerprint density at radius 1 is 1.36 bits per heavy atom. The third-order valence-corrected chi connectivity index (χ3v) is 4.62. The molecular weight excluding hydrogens is 320 g/mol. The maximum Gasteiger partial charge on any atom is 0.256 e. The van der Waals surface area contributed by atoms with Crippen LogP contribution in [0.4, 0.5) is 0 Å². The van der Waals surface area contributed by atoms with E-state index >= 15 is 0 Å². The summed E-state index contributed by atoms with van der Waals surface area (Å²) in [4.78, 5) is 23.6. The van der Waals surface area contributed by atoms with Crippen LogP contribution in [0.15, 0.2) is 23.0 Å². The molecular formula is C17H20N6O2. The van der Waals surface area contributed by atoms with Gasteiger partial charge in [0.25, 0.3) is 5.91 Å². The van der Waals surface area contributed by atoms with E-state index in [1.807, 2.05) is 27.0 Å². The Labute approximate surface area is 144 Å². The molecule has 130 valence electrons. The molecule has 3 aromatic rings. The van der Waals surface area contributed by atoms with Gasteiger partial charge in [-0.15, -0.1) is 0 Å². The Bertz CT molecular complexity index is 928. The van der Waals surface area contributed by atoms with Gasteiger partial charge >= 0.3 is 0 Å². The van der Waals surface area contributed by atoms with E-state index in [0.29, 0.717) is 23.8 Å². The number of amides is 1. The molecule has 0 N–H and O–H groups in total. The normalized spacial score (nSPS) is 17.8. The highest BCUT2D eigenvalue weighted by Gasteiger charge is 2.35. The van der Waals surface area contributed by atoms with E-state index < -0.39 is 0 Å². The van der Waals surface area contributed by atoms with Crippen molar-refractivity contribution < 1.29 is 9.32 Å². The number of pyridine rings is 1. The number of fused-ring (bicyclic) bond motifs is 1. The molecule has 0 unspecified atom stereocenters. The summed E-state index contributed by atoms with van der Waals surface area (Å²) in [5, 5.41) is 8.20. The Hall–Kier alpha value is -2.77. The van der Waals surface area contributed by atoms with E-state index in [2.05, 4.69) is 20.2 Å². The predicted octanol–water partition coefficient (Wildman–Crippen LogP) is 2.45. The summed E-state index contributed by atoms with van der Waals surface area (Å²) in [7, 11) is 1.84. The average Bonchev–Trinajstić information content (AvgIpc) is 3.33. The highest BCUT2D eigenvalue weighted by atomic mass is 16.5. The molecule has 1 saturated heterocycles. The monoisotopic (exact) mass is 340 g/mol. The molecule has 4 heterocycles. The summed E-state index contributed by atoms with van der Waals surface area (Å²) in [6.07, 6.45) is 5.03. The zero-order valence-electron chi connectivity index (χ0n) is 14.5. The molecule has 0 bridgehead atoms. The second-order valence-corrected chi connectivity index (χ2v) is 6.70. The van der Waals surface area contributed by atoms with Crippen LogP contribution < -0.4 is 0 Å². The first kappa shape index (κ1) is 15.7. The summed E-state index contributed by atoms with van der Waals surface area (Å²) in [5.41, 5.74) is 2.16. The van der Waals surface area contributed by atoms with E-state index in [0.717, 1.165) is 23.9 Å². The van der Waals surface area contributed by atoms with Crippen molar-refractivity contribution in [2.45, 2.75) is 38.6 Å². The Morgan fingerprint density at radius 3 is 2.96 bits per heavy atom. The minimum atomic E-state index is -0.172. The van der Waals surface area contributed by atoms with Crippen LogP contribution in [0.2, 0.25) is 0 Å². The van der Waals surface area contributed by atoms with Gasteiger partial charge in [-0.2, -0.15) is 10.1 Å². The molecule has 1 aliphatic rings. The number of carbonyl (C=O) groups is 1. The number of hydrogen-bond acceptors (Lipinski definition) is 6. The third-order valence-electron chi connectivity index (χ3n) is 4.62. The molecule has 4 rings (SSSR count). The number of likely N-dealkylation sites (tertiary alicyclic amines) is 1. The van der Waals surface area contributed by atoms with E-state index in [-0.39, 0.29) is 17.9 Å². The number of rotatable bonds is 3. The highest BCUT2D eigenvalue weighted by Crippen LogP contribution is 2.33. The SMILES string of the molecule is CC(C)c1noc([C@@H]2CCCN2C(=O)c2cnc3cnn(C)c3c2)n1. The molecule has 1 amide bonds. The van der Waals surface area contributed by atoms with Crippen LogP contribution in [0.5, 0.6) is 0 Å². The summed E-state index contributed by atoms with van der Waals surface area (Å²) in [6, 6.07) is 1.66. The van der Waals surface area contributed by atoms with E-state index in [9.17, 15) is 4.79 Å². The van der Waals surface area contributed by atoms with Gasteiger partial charge in [-0.05, 0) is 18.9 Å². The van der Waals surface area contributed by atoms with Gasteiger partial charge in [0.05, 0.1) is 17.3 Å². The second kappa shape index (κ2) is 5.94. The van der Waals surface area contributed by atoms with Crippen LogP contribution in [0.3, 0.4) is 0 Å². The van der Waals surface area contributed by atoms with Crippen LogP contribution in [0.25, 0.3) is 11.0 Å². The molecule has 8 nitrogen and oxygen atoms in total. The molecule has 0 aromatic carbocycles. The summed E-state index contributed by atoms with van der Waals surface area (Å²) >= 11 is 0. The molecule has 25 heavy (non-hydrogen) atoms. The molecule has 8 heteroatoms.